The minimum Gasteiger partial charge on any atom is -0.389 e. The van der Waals surface area contributed by atoms with E-state index < -0.39 is 6.10 Å². The lowest BCUT2D eigenvalue weighted by Gasteiger charge is -2.11. The number of halogens is 1. The number of aliphatic hydroxyl groups excluding tert-OH is 1. The van der Waals surface area contributed by atoms with Gasteiger partial charge in [-0.15, -0.1) is 0 Å². The topological polar surface area (TPSA) is 38.0 Å². The lowest BCUT2D eigenvalue weighted by molar-refractivity contribution is 0.198. The van der Waals surface area contributed by atoms with Crippen LogP contribution in [0.1, 0.15) is 29.7 Å². The standard InChI is InChI=1S/C17H17BrN2O/c1-10-6-16-17(7-11(10)2)20(9-19-16)13-4-5-14(12(3)21)15(18)8-13/h4-9,12,21H,1-3H3/t12-/m0/s1. The summed E-state index contributed by atoms with van der Waals surface area (Å²) in [6.07, 6.45) is 1.35. The Morgan fingerprint density at radius 1 is 1.14 bits per heavy atom. The highest BCUT2D eigenvalue weighted by molar-refractivity contribution is 9.10. The molecule has 1 aromatic heterocycles. The van der Waals surface area contributed by atoms with Crippen molar-refractivity contribution in [3.05, 3.63) is 57.8 Å². The van der Waals surface area contributed by atoms with Crippen LogP contribution in [0.3, 0.4) is 0 Å². The first-order chi connectivity index (χ1) is 9.97. The molecule has 0 radical (unpaired) electrons. The quantitative estimate of drug-likeness (QED) is 0.745. The van der Waals surface area contributed by atoms with Gasteiger partial charge in [-0.2, -0.15) is 0 Å². The van der Waals surface area contributed by atoms with Crippen LogP contribution in [-0.2, 0) is 0 Å². The van der Waals surface area contributed by atoms with Gasteiger partial charge in [0.15, 0.2) is 0 Å². The van der Waals surface area contributed by atoms with Gasteiger partial charge in [0.25, 0.3) is 0 Å². The van der Waals surface area contributed by atoms with Crippen molar-refractivity contribution >= 4 is 27.0 Å². The van der Waals surface area contributed by atoms with Gasteiger partial charge in [0.1, 0.15) is 6.33 Å². The summed E-state index contributed by atoms with van der Waals surface area (Å²) in [5.41, 5.74) is 6.50. The van der Waals surface area contributed by atoms with Gasteiger partial charge in [-0.1, -0.05) is 22.0 Å². The summed E-state index contributed by atoms with van der Waals surface area (Å²) in [6.45, 7) is 5.97. The summed E-state index contributed by atoms with van der Waals surface area (Å²) in [5, 5.41) is 9.72. The maximum Gasteiger partial charge on any atom is 0.100 e. The lowest BCUT2D eigenvalue weighted by atomic mass is 10.1. The molecule has 0 aliphatic carbocycles. The fraction of sp³-hybridized carbons (Fsp3) is 0.235. The van der Waals surface area contributed by atoms with Crippen LogP contribution in [-0.4, -0.2) is 14.7 Å². The summed E-state index contributed by atoms with van der Waals surface area (Å²) in [5.74, 6) is 0. The van der Waals surface area contributed by atoms with E-state index in [1.165, 1.54) is 11.1 Å². The molecule has 3 nitrogen and oxygen atoms in total. The van der Waals surface area contributed by atoms with Gasteiger partial charge in [0.05, 0.1) is 17.1 Å². The van der Waals surface area contributed by atoms with Crippen molar-refractivity contribution < 1.29 is 5.11 Å². The molecule has 0 bridgehead atoms. The molecule has 3 aromatic rings. The molecule has 108 valence electrons. The Bertz CT molecular complexity index is 821. The van der Waals surface area contributed by atoms with E-state index >= 15 is 0 Å². The molecular formula is C17H17BrN2O. The summed E-state index contributed by atoms with van der Waals surface area (Å²) in [4.78, 5) is 4.48. The summed E-state index contributed by atoms with van der Waals surface area (Å²) in [6, 6.07) is 10.2. The number of aryl methyl sites for hydroxylation is 2. The normalized spacial score (nSPS) is 12.8. The second-order valence-electron chi connectivity index (χ2n) is 5.42. The van der Waals surface area contributed by atoms with E-state index in [-0.39, 0.29) is 0 Å². The third-order valence-electron chi connectivity index (χ3n) is 3.88. The largest absolute Gasteiger partial charge is 0.389 e. The molecule has 0 saturated heterocycles. The number of aromatic nitrogens is 2. The Kier molecular flexibility index (Phi) is 3.59. The van der Waals surface area contributed by atoms with Crippen LogP contribution in [0.15, 0.2) is 41.1 Å². The van der Waals surface area contributed by atoms with E-state index in [1.54, 1.807) is 6.92 Å². The Balaban J connectivity index is 2.17. The molecular weight excluding hydrogens is 328 g/mol. The molecule has 0 unspecified atom stereocenters. The molecule has 1 heterocycles. The van der Waals surface area contributed by atoms with Gasteiger partial charge in [-0.3, -0.25) is 4.57 Å². The maximum absolute atomic E-state index is 9.72. The van der Waals surface area contributed by atoms with E-state index in [2.05, 4.69) is 51.5 Å². The van der Waals surface area contributed by atoms with Crippen LogP contribution in [0.2, 0.25) is 0 Å². The van der Waals surface area contributed by atoms with Crippen molar-refractivity contribution in [2.75, 3.05) is 0 Å². The van der Waals surface area contributed by atoms with Gasteiger partial charge >= 0.3 is 0 Å². The van der Waals surface area contributed by atoms with Gasteiger partial charge in [0.2, 0.25) is 0 Å². The fourth-order valence-corrected chi connectivity index (χ4v) is 3.17. The van der Waals surface area contributed by atoms with E-state index in [9.17, 15) is 5.11 Å². The summed E-state index contributed by atoms with van der Waals surface area (Å²) < 4.78 is 2.97. The second kappa shape index (κ2) is 5.28. The number of hydrogen-bond acceptors (Lipinski definition) is 2. The van der Waals surface area contributed by atoms with Crippen LogP contribution < -0.4 is 0 Å². The number of rotatable bonds is 2. The van der Waals surface area contributed by atoms with Gasteiger partial charge in [-0.25, -0.2) is 4.98 Å². The molecule has 0 saturated carbocycles. The zero-order chi connectivity index (χ0) is 15.1. The first-order valence-electron chi connectivity index (χ1n) is 6.89. The number of benzene rings is 2. The van der Waals surface area contributed by atoms with Gasteiger partial charge in [-0.05, 0) is 61.7 Å². The maximum atomic E-state index is 9.72. The third-order valence-corrected chi connectivity index (χ3v) is 4.56. The fourth-order valence-electron chi connectivity index (χ4n) is 2.47. The molecule has 0 aliphatic rings. The summed E-state index contributed by atoms with van der Waals surface area (Å²) in [7, 11) is 0. The average molecular weight is 345 g/mol. The summed E-state index contributed by atoms with van der Waals surface area (Å²) >= 11 is 3.53. The Labute approximate surface area is 132 Å². The molecule has 3 rings (SSSR count). The number of fused-ring (bicyclic) bond motifs is 1. The monoisotopic (exact) mass is 344 g/mol. The van der Waals surface area contributed by atoms with Gasteiger partial charge in [0, 0.05) is 10.2 Å². The van der Waals surface area contributed by atoms with Crippen molar-refractivity contribution in [2.24, 2.45) is 0 Å². The van der Waals surface area contributed by atoms with Crippen LogP contribution in [0.25, 0.3) is 16.7 Å². The first kappa shape index (κ1) is 14.3. The number of aliphatic hydroxyl groups is 1. The molecule has 0 aliphatic heterocycles. The molecule has 0 amide bonds. The highest BCUT2D eigenvalue weighted by Gasteiger charge is 2.10. The zero-order valence-electron chi connectivity index (χ0n) is 12.3. The lowest BCUT2D eigenvalue weighted by Crippen LogP contribution is -1.97. The highest BCUT2D eigenvalue weighted by atomic mass is 79.9. The molecule has 2 aromatic carbocycles. The molecule has 4 heteroatoms. The van der Waals surface area contributed by atoms with E-state index in [0.717, 1.165) is 26.8 Å². The van der Waals surface area contributed by atoms with Crippen molar-refractivity contribution in [1.29, 1.82) is 0 Å². The molecule has 21 heavy (non-hydrogen) atoms. The van der Waals surface area contributed by atoms with E-state index in [4.69, 9.17) is 0 Å². The molecule has 1 N–H and O–H groups in total. The minimum absolute atomic E-state index is 0.488. The molecule has 0 spiro atoms. The number of hydrogen-bond donors (Lipinski definition) is 1. The van der Waals surface area contributed by atoms with Crippen LogP contribution >= 0.6 is 15.9 Å². The Hall–Kier alpha value is -1.65. The van der Waals surface area contributed by atoms with Crippen molar-refractivity contribution in [2.45, 2.75) is 26.9 Å². The Morgan fingerprint density at radius 3 is 2.52 bits per heavy atom. The van der Waals surface area contributed by atoms with E-state index in [0.29, 0.717) is 0 Å². The van der Waals surface area contributed by atoms with E-state index in [1.807, 2.05) is 24.5 Å². The average Bonchev–Trinajstić information content (AvgIpc) is 2.81. The van der Waals surface area contributed by atoms with Crippen LogP contribution in [0, 0.1) is 13.8 Å². The smallest absolute Gasteiger partial charge is 0.100 e. The SMILES string of the molecule is Cc1cc2ncn(-c3ccc([C@H](C)O)c(Br)c3)c2cc1C. The van der Waals surface area contributed by atoms with Crippen LogP contribution in [0.4, 0.5) is 0 Å². The minimum atomic E-state index is -0.488. The Morgan fingerprint density at radius 2 is 1.86 bits per heavy atom. The van der Waals surface area contributed by atoms with Gasteiger partial charge < -0.3 is 5.11 Å². The number of nitrogens with zero attached hydrogens (tertiary/aromatic N) is 2. The molecule has 0 fully saturated rings. The van der Waals surface area contributed by atoms with Crippen molar-refractivity contribution in [3.63, 3.8) is 0 Å². The second-order valence-corrected chi connectivity index (χ2v) is 6.28. The molecule has 1 atom stereocenters. The van der Waals surface area contributed by atoms with Crippen LogP contribution in [0.5, 0.6) is 0 Å². The predicted octanol–water partition coefficient (Wildman–Crippen LogP) is 4.46. The number of imidazole rings is 1. The zero-order valence-corrected chi connectivity index (χ0v) is 13.8. The predicted molar refractivity (Wildman–Crippen MR) is 88.9 cm³/mol. The first-order valence-corrected chi connectivity index (χ1v) is 7.69. The van der Waals surface area contributed by atoms with Crippen molar-refractivity contribution in [3.8, 4) is 5.69 Å². The highest BCUT2D eigenvalue weighted by Crippen LogP contribution is 2.28. The van der Waals surface area contributed by atoms with Crippen molar-refractivity contribution in [1.82, 2.24) is 9.55 Å². The third kappa shape index (κ3) is 2.49.